The van der Waals surface area contributed by atoms with Gasteiger partial charge in [-0.15, -0.1) is 0 Å². The number of amides is 3. The van der Waals surface area contributed by atoms with Crippen molar-refractivity contribution in [2.45, 2.75) is 19.8 Å². The molecule has 8 heteroatoms. The van der Waals surface area contributed by atoms with Gasteiger partial charge < -0.3 is 15.1 Å². The molecule has 0 atom stereocenters. The van der Waals surface area contributed by atoms with Crippen LogP contribution in [-0.4, -0.2) is 73.3 Å². The summed E-state index contributed by atoms with van der Waals surface area (Å²) in [5.74, 6) is -0.0677. The Labute approximate surface area is 164 Å². The maximum Gasteiger partial charge on any atom is 0.256 e. The van der Waals surface area contributed by atoms with Crippen LogP contribution in [0.5, 0.6) is 0 Å². The Balaban J connectivity index is 1.68. The lowest BCUT2D eigenvalue weighted by Crippen LogP contribution is -2.51. The molecule has 3 rings (SSSR count). The number of carbonyl (C=O) groups excluding carboxylic acids is 3. The smallest absolute Gasteiger partial charge is 0.256 e. The number of likely N-dealkylation sites (N-methyl/N-ethyl adjacent to an activating group) is 1. The highest BCUT2D eigenvalue weighted by Gasteiger charge is 2.29. The van der Waals surface area contributed by atoms with Gasteiger partial charge in [-0.3, -0.25) is 19.3 Å². The van der Waals surface area contributed by atoms with Crippen molar-refractivity contribution in [3.05, 3.63) is 28.8 Å². The summed E-state index contributed by atoms with van der Waals surface area (Å²) in [6.45, 7) is 5.87. The third-order valence-electron chi connectivity index (χ3n) is 4.96. The summed E-state index contributed by atoms with van der Waals surface area (Å²) in [5, 5.41) is 3.30. The van der Waals surface area contributed by atoms with E-state index in [1.165, 1.54) is 0 Å². The number of piperazine rings is 1. The van der Waals surface area contributed by atoms with E-state index in [1.54, 1.807) is 28.0 Å². The molecule has 3 amide bonds. The zero-order chi connectivity index (χ0) is 19.4. The molecule has 1 aromatic carbocycles. The van der Waals surface area contributed by atoms with E-state index in [4.69, 9.17) is 11.6 Å². The molecule has 2 saturated heterocycles. The van der Waals surface area contributed by atoms with Gasteiger partial charge in [-0.25, -0.2) is 0 Å². The second kappa shape index (κ2) is 8.71. The molecular weight excluding hydrogens is 368 g/mol. The van der Waals surface area contributed by atoms with Crippen LogP contribution in [0.3, 0.4) is 0 Å². The third-order valence-corrected chi connectivity index (χ3v) is 5.19. The number of hydrogen-bond acceptors (Lipinski definition) is 4. The van der Waals surface area contributed by atoms with Crippen LogP contribution in [0.4, 0.5) is 5.69 Å². The second-order valence-electron chi connectivity index (χ2n) is 6.83. The summed E-state index contributed by atoms with van der Waals surface area (Å²) in [5.41, 5.74) is 1.10. The van der Waals surface area contributed by atoms with Gasteiger partial charge in [0.15, 0.2) is 0 Å². The van der Waals surface area contributed by atoms with Crippen LogP contribution in [0.15, 0.2) is 18.2 Å². The number of nitrogens with zero attached hydrogens (tertiary/aromatic N) is 3. The lowest BCUT2D eigenvalue weighted by Gasteiger charge is -2.35. The maximum atomic E-state index is 13.1. The predicted molar refractivity (Wildman–Crippen MR) is 104 cm³/mol. The number of hydrogen-bond donors (Lipinski definition) is 1. The molecule has 2 aliphatic rings. The molecule has 0 saturated carbocycles. The van der Waals surface area contributed by atoms with Crippen LogP contribution < -0.4 is 10.2 Å². The van der Waals surface area contributed by atoms with Gasteiger partial charge in [0.05, 0.1) is 17.8 Å². The Morgan fingerprint density at radius 1 is 1.15 bits per heavy atom. The minimum absolute atomic E-state index is 0.00445. The van der Waals surface area contributed by atoms with Gasteiger partial charge in [0.2, 0.25) is 11.8 Å². The molecule has 0 radical (unpaired) electrons. The van der Waals surface area contributed by atoms with Crippen molar-refractivity contribution >= 4 is 35.0 Å². The molecule has 1 N–H and O–H groups in total. The zero-order valence-electron chi connectivity index (χ0n) is 15.5. The van der Waals surface area contributed by atoms with Crippen LogP contribution in [0.25, 0.3) is 0 Å². The van der Waals surface area contributed by atoms with Crippen LogP contribution in [-0.2, 0) is 9.59 Å². The summed E-state index contributed by atoms with van der Waals surface area (Å²) in [6.07, 6.45) is 1.29. The Bertz CT molecular complexity index is 732. The quantitative estimate of drug-likeness (QED) is 0.821. The van der Waals surface area contributed by atoms with Crippen LogP contribution >= 0.6 is 11.6 Å². The van der Waals surface area contributed by atoms with Crippen molar-refractivity contribution < 1.29 is 14.4 Å². The van der Waals surface area contributed by atoms with Crippen LogP contribution in [0, 0.1) is 0 Å². The zero-order valence-corrected chi connectivity index (χ0v) is 16.3. The van der Waals surface area contributed by atoms with E-state index in [2.05, 4.69) is 5.32 Å². The van der Waals surface area contributed by atoms with Gasteiger partial charge in [-0.2, -0.15) is 0 Å². The van der Waals surface area contributed by atoms with Gasteiger partial charge in [-0.05, 0) is 31.5 Å². The van der Waals surface area contributed by atoms with E-state index in [0.29, 0.717) is 68.5 Å². The first-order chi connectivity index (χ1) is 13.0. The predicted octanol–water partition coefficient (Wildman–Crippen LogP) is 1.36. The Morgan fingerprint density at radius 2 is 1.89 bits per heavy atom. The number of anilines is 1. The minimum Gasteiger partial charge on any atom is -0.355 e. The fourth-order valence-corrected chi connectivity index (χ4v) is 3.71. The summed E-state index contributed by atoms with van der Waals surface area (Å²) in [6, 6.07) is 5.08. The maximum absolute atomic E-state index is 13.1. The molecule has 0 bridgehead atoms. The average molecular weight is 393 g/mol. The van der Waals surface area contributed by atoms with Crippen molar-refractivity contribution in [3.63, 3.8) is 0 Å². The lowest BCUT2D eigenvalue weighted by molar-refractivity contribution is -0.122. The first-order valence-corrected chi connectivity index (χ1v) is 9.75. The summed E-state index contributed by atoms with van der Waals surface area (Å²) in [7, 11) is 0. The number of benzene rings is 1. The molecule has 27 heavy (non-hydrogen) atoms. The number of rotatable bonds is 5. The molecule has 1 aromatic rings. The largest absolute Gasteiger partial charge is 0.355 e. The molecule has 146 valence electrons. The van der Waals surface area contributed by atoms with E-state index >= 15 is 0 Å². The highest BCUT2D eigenvalue weighted by atomic mass is 35.5. The first-order valence-electron chi connectivity index (χ1n) is 9.38. The molecule has 0 aliphatic carbocycles. The van der Waals surface area contributed by atoms with Crippen molar-refractivity contribution in [2.24, 2.45) is 0 Å². The highest BCUT2D eigenvalue weighted by Crippen LogP contribution is 2.29. The van der Waals surface area contributed by atoms with Gasteiger partial charge >= 0.3 is 0 Å². The van der Waals surface area contributed by atoms with E-state index in [0.717, 1.165) is 6.42 Å². The first kappa shape index (κ1) is 19.6. The molecule has 0 spiro atoms. The monoisotopic (exact) mass is 392 g/mol. The Kier molecular flexibility index (Phi) is 6.34. The van der Waals surface area contributed by atoms with Crippen LogP contribution in [0.2, 0.25) is 5.02 Å². The molecule has 2 fully saturated rings. The normalized spacial score (nSPS) is 18.1. The fraction of sp³-hybridized carbons (Fsp3) is 0.526. The van der Waals surface area contributed by atoms with E-state index in [9.17, 15) is 14.4 Å². The minimum atomic E-state index is -0.0981. The summed E-state index contributed by atoms with van der Waals surface area (Å²) >= 11 is 6.12. The molecular formula is C19H25ClN4O3. The fourth-order valence-electron chi connectivity index (χ4n) is 3.55. The van der Waals surface area contributed by atoms with Gasteiger partial charge in [-0.1, -0.05) is 11.6 Å². The van der Waals surface area contributed by atoms with Crippen molar-refractivity contribution in [3.8, 4) is 0 Å². The van der Waals surface area contributed by atoms with Crippen molar-refractivity contribution in [1.82, 2.24) is 15.1 Å². The molecule has 2 heterocycles. The van der Waals surface area contributed by atoms with E-state index in [1.807, 2.05) is 11.8 Å². The Hall–Kier alpha value is -2.12. The lowest BCUT2D eigenvalue weighted by atomic mass is 10.1. The van der Waals surface area contributed by atoms with Crippen molar-refractivity contribution in [2.75, 3.05) is 50.7 Å². The molecule has 7 nitrogen and oxygen atoms in total. The molecule has 0 aromatic heterocycles. The molecule has 2 aliphatic heterocycles. The van der Waals surface area contributed by atoms with Gasteiger partial charge in [0.25, 0.3) is 5.91 Å². The SMILES string of the molecule is CCNC(=O)CN1CCN(C(=O)c2ccc(Cl)cc2N2CCCC2=O)CC1. The third kappa shape index (κ3) is 4.59. The number of carbonyl (C=O) groups is 3. The van der Waals surface area contributed by atoms with Crippen molar-refractivity contribution in [1.29, 1.82) is 0 Å². The standard InChI is InChI=1S/C19H25ClN4O3/c1-2-21-17(25)13-22-8-10-23(11-9-22)19(27)15-6-5-14(20)12-16(15)24-7-3-4-18(24)26/h5-6,12H,2-4,7-11,13H2,1H3,(H,21,25). The molecule has 0 unspecified atom stereocenters. The average Bonchev–Trinajstić information content (AvgIpc) is 3.08. The number of nitrogens with one attached hydrogen (secondary N) is 1. The topological polar surface area (TPSA) is 73.0 Å². The highest BCUT2D eigenvalue weighted by molar-refractivity contribution is 6.31. The Morgan fingerprint density at radius 3 is 2.52 bits per heavy atom. The number of halogens is 1. The summed E-state index contributed by atoms with van der Waals surface area (Å²) < 4.78 is 0. The summed E-state index contributed by atoms with van der Waals surface area (Å²) in [4.78, 5) is 42.4. The van der Waals surface area contributed by atoms with E-state index < -0.39 is 0 Å². The second-order valence-corrected chi connectivity index (χ2v) is 7.27. The van der Waals surface area contributed by atoms with E-state index in [-0.39, 0.29) is 17.7 Å². The van der Waals surface area contributed by atoms with Gasteiger partial charge in [0.1, 0.15) is 0 Å². The van der Waals surface area contributed by atoms with Gasteiger partial charge in [0, 0.05) is 50.7 Å². The van der Waals surface area contributed by atoms with Crippen LogP contribution in [0.1, 0.15) is 30.1 Å².